The lowest BCUT2D eigenvalue weighted by Gasteiger charge is -2.57. The van der Waals surface area contributed by atoms with Crippen LogP contribution in [0.4, 0.5) is 10.1 Å². The minimum absolute atomic E-state index is 0.123. The van der Waals surface area contributed by atoms with Gasteiger partial charge >= 0.3 is 0 Å². The molecule has 7 rings (SSSR count). The monoisotopic (exact) mass is 425 g/mol. The lowest BCUT2D eigenvalue weighted by Crippen LogP contribution is -2.61. The summed E-state index contributed by atoms with van der Waals surface area (Å²) in [7, 11) is 0. The highest BCUT2D eigenvalue weighted by Crippen LogP contribution is 2.55. The highest BCUT2D eigenvalue weighted by molar-refractivity contribution is 6.25. The zero-order valence-corrected chi connectivity index (χ0v) is 17.0. The molecule has 0 radical (unpaired) electrons. The number of anilines is 1. The summed E-state index contributed by atoms with van der Waals surface area (Å²) in [6.45, 7) is -0.123. The lowest BCUT2D eigenvalue weighted by atomic mass is 9.53. The summed E-state index contributed by atoms with van der Waals surface area (Å²) in [5, 5.41) is 12.5. The van der Waals surface area contributed by atoms with Crippen LogP contribution < -0.4 is 10.2 Å². The number of halogens is 1. The molecule has 3 amide bonds. The molecule has 31 heavy (non-hydrogen) atoms. The Hall–Kier alpha value is -2.84. The van der Waals surface area contributed by atoms with Gasteiger partial charge < -0.3 is 5.32 Å². The SMILES string of the molecule is O=C(CN1N=N[C@H]2C(=O)N(c3cccc(F)c3)C(=O)[C@H]21)NC12CC3CC(CC(C3)C1)C2. The van der Waals surface area contributed by atoms with Gasteiger partial charge in [-0.15, -0.1) is 0 Å². The molecule has 2 heterocycles. The molecular formula is C22H24FN5O3. The Morgan fingerprint density at radius 3 is 2.42 bits per heavy atom. The first-order valence-corrected chi connectivity index (χ1v) is 11.0. The third-order valence-electron chi connectivity index (χ3n) is 7.67. The van der Waals surface area contributed by atoms with Crippen LogP contribution in [0.3, 0.4) is 0 Å². The molecule has 162 valence electrons. The fourth-order valence-electron chi connectivity index (χ4n) is 6.97. The number of benzene rings is 1. The molecule has 9 heteroatoms. The second-order valence-electron chi connectivity index (χ2n) is 9.93. The largest absolute Gasteiger partial charge is 0.349 e. The van der Waals surface area contributed by atoms with Crippen LogP contribution in [-0.4, -0.2) is 46.9 Å². The normalized spacial score (nSPS) is 37.6. The van der Waals surface area contributed by atoms with Crippen molar-refractivity contribution in [2.24, 2.45) is 28.1 Å². The minimum atomic E-state index is -0.997. The van der Waals surface area contributed by atoms with Gasteiger partial charge in [0.1, 0.15) is 12.4 Å². The van der Waals surface area contributed by atoms with Crippen molar-refractivity contribution in [3.05, 3.63) is 30.1 Å². The summed E-state index contributed by atoms with van der Waals surface area (Å²) in [5.41, 5.74) is 0.0307. The van der Waals surface area contributed by atoms with E-state index < -0.39 is 29.7 Å². The zero-order valence-electron chi connectivity index (χ0n) is 17.0. The minimum Gasteiger partial charge on any atom is -0.349 e. The van der Waals surface area contributed by atoms with Crippen LogP contribution in [0, 0.1) is 23.6 Å². The van der Waals surface area contributed by atoms with Gasteiger partial charge in [0.05, 0.1) is 5.69 Å². The average molecular weight is 425 g/mol. The molecule has 0 unspecified atom stereocenters. The Balaban J connectivity index is 1.16. The summed E-state index contributed by atoms with van der Waals surface area (Å²) >= 11 is 0. The van der Waals surface area contributed by atoms with Gasteiger partial charge in [-0.1, -0.05) is 11.3 Å². The number of nitrogens with one attached hydrogen (secondary N) is 1. The summed E-state index contributed by atoms with van der Waals surface area (Å²) < 4.78 is 13.6. The van der Waals surface area contributed by atoms with Crippen LogP contribution in [0.5, 0.6) is 0 Å². The van der Waals surface area contributed by atoms with Crippen molar-refractivity contribution in [2.75, 3.05) is 11.4 Å². The first-order valence-electron chi connectivity index (χ1n) is 11.0. The Labute approximate surface area is 178 Å². The van der Waals surface area contributed by atoms with E-state index in [9.17, 15) is 18.8 Å². The number of imide groups is 1. The average Bonchev–Trinajstić information content (AvgIpc) is 3.20. The maximum atomic E-state index is 13.6. The fraction of sp³-hybridized carbons (Fsp3) is 0.591. The van der Waals surface area contributed by atoms with Crippen LogP contribution in [-0.2, 0) is 14.4 Å². The van der Waals surface area contributed by atoms with Crippen LogP contribution >= 0.6 is 0 Å². The standard InChI is InChI=1S/C22H24FN5O3/c23-15-2-1-3-16(7-15)28-20(30)18-19(21(28)31)27(26-25-18)11-17(29)24-22-8-12-4-13(9-22)6-14(5-12)10-22/h1-3,7,12-14,18-19H,4-6,8-11H2,(H,24,29)/t12?,13?,14?,18-,19+,22?/m1/s1. The topological polar surface area (TPSA) is 94.4 Å². The number of hydrogen-bond donors (Lipinski definition) is 1. The Morgan fingerprint density at radius 1 is 1.10 bits per heavy atom. The van der Waals surface area contributed by atoms with Crippen LogP contribution in [0.2, 0.25) is 0 Å². The van der Waals surface area contributed by atoms with Gasteiger partial charge in [-0.2, -0.15) is 5.11 Å². The van der Waals surface area contributed by atoms with Crippen molar-refractivity contribution < 1.29 is 18.8 Å². The van der Waals surface area contributed by atoms with Crippen molar-refractivity contribution in [1.82, 2.24) is 10.3 Å². The van der Waals surface area contributed by atoms with Crippen LogP contribution in [0.15, 0.2) is 34.6 Å². The predicted octanol–water partition coefficient (Wildman–Crippen LogP) is 2.20. The van der Waals surface area contributed by atoms with E-state index in [0.29, 0.717) is 17.8 Å². The maximum absolute atomic E-state index is 13.6. The quantitative estimate of drug-likeness (QED) is 0.749. The molecule has 8 nitrogen and oxygen atoms in total. The van der Waals surface area contributed by atoms with Crippen molar-refractivity contribution in [1.29, 1.82) is 0 Å². The fourth-order valence-corrected chi connectivity index (χ4v) is 6.97. The number of nitrogens with zero attached hydrogens (tertiary/aromatic N) is 4. The van der Waals surface area contributed by atoms with E-state index in [1.165, 1.54) is 42.5 Å². The lowest BCUT2D eigenvalue weighted by molar-refractivity contribution is -0.129. The molecule has 2 aliphatic heterocycles. The molecule has 2 atom stereocenters. The smallest absolute Gasteiger partial charge is 0.263 e. The molecule has 1 aromatic carbocycles. The van der Waals surface area contributed by atoms with E-state index >= 15 is 0 Å². The second-order valence-corrected chi connectivity index (χ2v) is 9.93. The van der Waals surface area contributed by atoms with Crippen molar-refractivity contribution >= 4 is 23.4 Å². The number of hydrogen-bond acceptors (Lipinski definition) is 6. The first kappa shape index (κ1) is 18.9. The molecule has 4 aliphatic carbocycles. The number of fused-ring (bicyclic) bond motifs is 1. The molecule has 0 spiro atoms. The van der Waals surface area contributed by atoms with Crippen molar-refractivity contribution in [3.63, 3.8) is 0 Å². The molecule has 4 bridgehead atoms. The summed E-state index contributed by atoms with van der Waals surface area (Å²) in [6.07, 6.45) is 6.94. The van der Waals surface area contributed by atoms with Gasteiger partial charge in [0.15, 0.2) is 12.1 Å². The summed E-state index contributed by atoms with van der Waals surface area (Å²) in [4.78, 5) is 39.6. The first-order chi connectivity index (χ1) is 14.9. The van der Waals surface area contributed by atoms with E-state index in [0.717, 1.165) is 30.2 Å². The van der Waals surface area contributed by atoms with Gasteiger partial charge in [-0.25, -0.2) is 9.29 Å². The van der Waals surface area contributed by atoms with E-state index in [-0.39, 0.29) is 23.7 Å². The van der Waals surface area contributed by atoms with Gasteiger partial charge in [0.2, 0.25) is 5.91 Å². The van der Waals surface area contributed by atoms with E-state index in [1.807, 2.05) is 0 Å². The van der Waals surface area contributed by atoms with E-state index in [1.54, 1.807) is 0 Å². The van der Waals surface area contributed by atoms with Crippen molar-refractivity contribution in [2.45, 2.75) is 56.1 Å². The summed E-state index contributed by atoms with van der Waals surface area (Å²) in [5.74, 6) is 0.305. The van der Waals surface area contributed by atoms with E-state index in [2.05, 4.69) is 15.7 Å². The molecule has 4 saturated carbocycles. The molecule has 1 saturated heterocycles. The highest BCUT2D eigenvalue weighted by atomic mass is 19.1. The van der Waals surface area contributed by atoms with Crippen LogP contribution in [0.25, 0.3) is 0 Å². The predicted molar refractivity (Wildman–Crippen MR) is 107 cm³/mol. The van der Waals surface area contributed by atoms with Gasteiger partial charge in [0.25, 0.3) is 11.8 Å². The maximum Gasteiger partial charge on any atom is 0.263 e. The van der Waals surface area contributed by atoms with Gasteiger partial charge in [0, 0.05) is 5.54 Å². The van der Waals surface area contributed by atoms with Gasteiger partial charge in [-0.3, -0.25) is 19.4 Å². The zero-order chi connectivity index (χ0) is 21.3. The molecular weight excluding hydrogens is 401 g/mol. The Bertz CT molecular complexity index is 975. The number of carbonyl (C=O) groups is 3. The van der Waals surface area contributed by atoms with Crippen LogP contribution in [0.1, 0.15) is 38.5 Å². The van der Waals surface area contributed by atoms with Crippen molar-refractivity contribution in [3.8, 4) is 0 Å². The molecule has 5 fully saturated rings. The number of rotatable bonds is 4. The molecule has 1 aromatic rings. The second kappa shape index (κ2) is 6.58. The Morgan fingerprint density at radius 2 is 1.77 bits per heavy atom. The number of carbonyl (C=O) groups excluding carboxylic acids is 3. The number of amides is 3. The van der Waals surface area contributed by atoms with E-state index in [4.69, 9.17) is 0 Å². The van der Waals surface area contributed by atoms with Gasteiger partial charge in [-0.05, 0) is 74.5 Å². The molecule has 6 aliphatic rings. The third kappa shape index (κ3) is 2.96. The molecule has 0 aromatic heterocycles. The third-order valence-corrected chi connectivity index (χ3v) is 7.67. The Kier molecular flexibility index (Phi) is 4.01. The molecule has 1 N–H and O–H groups in total. The highest BCUT2D eigenvalue weighted by Gasteiger charge is 2.56. The summed E-state index contributed by atoms with van der Waals surface area (Å²) in [6, 6.07) is 3.37.